The summed E-state index contributed by atoms with van der Waals surface area (Å²) in [4.78, 5) is 46.3. The topological polar surface area (TPSA) is 225 Å². The van der Waals surface area contributed by atoms with E-state index in [4.69, 9.17) is 35.8 Å². The number of likely N-dealkylation sites (tertiary alicyclic amines) is 1. The predicted molar refractivity (Wildman–Crippen MR) is 313 cm³/mol. The van der Waals surface area contributed by atoms with Crippen LogP contribution in [0.4, 0.5) is 15.2 Å². The number of β-amino-alcohol motifs (C(OH)–C–C–N with tert-alkyl or cyclic N) is 1. The predicted octanol–water partition coefficient (Wildman–Crippen LogP) is 9.29. The Labute approximate surface area is 482 Å². The van der Waals surface area contributed by atoms with Crippen molar-refractivity contribution in [2.75, 3.05) is 44.9 Å². The number of carbonyl (C=O) groups is 2. The Bertz CT molecular complexity index is 3780. The minimum Gasteiger partial charge on any atom is -0.486 e. The minimum atomic E-state index is -1.00. The molecule has 3 saturated heterocycles. The number of halogens is 2. The van der Waals surface area contributed by atoms with E-state index in [1.165, 1.54) is 15.6 Å². The fraction of sp³-hybridized carbons (Fsp3) is 0.344. The van der Waals surface area contributed by atoms with Crippen LogP contribution in [-0.4, -0.2) is 129 Å². The number of piperazine rings is 1. The number of aryl methyl sites for hydroxylation is 1. The van der Waals surface area contributed by atoms with Crippen LogP contribution in [0.15, 0.2) is 102 Å². The highest BCUT2D eigenvalue weighted by Gasteiger charge is 2.44. The number of carbonyl (C=O) groups excluding carboxylic acids is 2. The van der Waals surface area contributed by atoms with Gasteiger partial charge in [0.1, 0.15) is 59.2 Å². The number of aromatic nitrogens is 5. The molecule has 2 amide bonds. The first-order valence-electron chi connectivity index (χ1n) is 27.2. The van der Waals surface area contributed by atoms with Gasteiger partial charge in [-0.15, -0.1) is 16.4 Å². The number of fused-ring (bicyclic) bond motifs is 4. The molecule has 0 aliphatic carbocycles. The molecule has 3 aromatic heterocycles. The SMILES string of the molecule is C=Nc1sc2c(F)ccc(-c3c(Cl)cc4c(N5C[C@@H]6C[C@H]5CN6)nc(OC[C@H](C)OC)nc4c3OCc3ccc(-c4cn([C@H](C(=O)N5C[C@H](O)C[C@H]5C(=O)N[C@@H](CO)c5ccc(-c6ccccc6C)cc5)C(C)C)nn4)cc3)c2c1C#N. The van der Waals surface area contributed by atoms with Gasteiger partial charge in [-0.25, -0.2) is 9.07 Å². The highest BCUT2D eigenvalue weighted by atomic mass is 35.5. The smallest absolute Gasteiger partial charge is 0.319 e. The van der Waals surface area contributed by atoms with Gasteiger partial charge in [0.2, 0.25) is 11.8 Å². The summed E-state index contributed by atoms with van der Waals surface area (Å²) in [6.45, 7) is 12.5. The Morgan fingerprint density at radius 3 is 2.46 bits per heavy atom. The number of anilines is 1. The molecule has 6 heterocycles. The summed E-state index contributed by atoms with van der Waals surface area (Å²) < 4.78 is 36.0. The number of benzene rings is 5. The number of ether oxygens (including phenoxy) is 3. The van der Waals surface area contributed by atoms with Crippen molar-refractivity contribution in [3.8, 4) is 51.3 Å². The zero-order valence-corrected chi connectivity index (χ0v) is 47.4. The first-order valence-corrected chi connectivity index (χ1v) is 28.4. The number of nitrogens with zero attached hydrogens (tertiary/aromatic N) is 9. The molecule has 18 nitrogen and oxygen atoms in total. The lowest BCUT2D eigenvalue weighted by atomic mass is 9.96. The van der Waals surface area contributed by atoms with E-state index in [2.05, 4.69) is 43.6 Å². The van der Waals surface area contributed by atoms with Crippen LogP contribution < -0.4 is 25.0 Å². The maximum absolute atomic E-state index is 15.7. The fourth-order valence-electron chi connectivity index (χ4n) is 11.5. The van der Waals surface area contributed by atoms with Gasteiger partial charge < -0.3 is 44.9 Å². The summed E-state index contributed by atoms with van der Waals surface area (Å²) in [7, 11) is 1.60. The summed E-state index contributed by atoms with van der Waals surface area (Å²) in [5, 5.41) is 48.7. The highest BCUT2D eigenvalue weighted by Crippen LogP contribution is 2.51. The number of rotatable bonds is 19. The summed E-state index contributed by atoms with van der Waals surface area (Å²) in [5.41, 5.74) is 7.16. The van der Waals surface area contributed by atoms with E-state index in [1.807, 2.05) is 100 Å². The van der Waals surface area contributed by atoms with E-state index in [1.54, 1.807) is 25.4 Å². The molecule has 5 aromatic carbocycles. The molecular formula is C61H61ClFN11O7S. The van der Waals surface area contributed by atoms with Crippen molar-refractivity contribution in [3.63, 3.8) is 0 Å². The molecule has 7 atom stereocenters. The Balaban J connectivity index is 0.869. The van der Waals surface area contributed by atoms with Crippen molar-refractivity contribution in [2.45, 2.75) is 89.6 Å². The number of hydrogen-bond acceptors (Lipinski definition) is 16. The van der Waals surface area contributed by atoms with Gasteiger partial charge in [-0.05, 0) is 78.4 Å². The fourth-order valence-corrected chi connectivity index (χ4v) is 12.7. The normalized spacial score (nSPS) is 18.7. The molecule has 422 valence electrons. The zero-order valence-electron chi connectivity index (χ0n) is 45.8. The molecule has 0 saturated carbocycles. The standard InChI is InChI=1S/C61H61ClFN11O7S/c1-32(2)54(60(78)73-27-41(76)22-50(73)58(77)67-49(29-75)38-17-15-36(16-18-38)42-10-8-7-9-33(42)3)74-28-48(70-71-74)37-13-11-35(12-14-37)31-80-55-52(43-19-20-47(63)56-51(43)45(24-64)59(65-5)82-56)46(62)23-44-53(55)68-61(81-30-34(4)79-6)69-57(44)72-26-39-21-40(72)25-66-39/h7-20,23,28,32,34,39-41,49-50,54,66,75-76H,5,21-22,25-27,29-31H2,1-4,6H3,(H,67,77)/t34-,39-,40-,41+,49-,50-,54-/m0/s1. The summed E-state index contributed by atoms with van der Waals surface area (Å²) in [6.07, 6.45) is 1.43. The molecule has 8 aromatic rings. The molecule has 3 fully saturated rings. The molecule has 82 heavy (non-hydrogen) atoms. The van der Waals surface area contributed by atoms with Gasteiger partial charge in [0.05, 0.1) is 46.3 Å². The Hall–Kier alpha value is -7.90. The third-order valence-corrected chi connectivity index (χ3v) is 17.2. The van der Waals surface area contributed by atoms with Gasteiger partial charge in [-0.1, -0.05) is 110 Å². The van der Waals surface area contributed by atoms with Gasteiger partial charge in [-0.2, -0.15) is 15.2 Å². The van der Waals surface area contributed by atoms with Crippen molar-refractivity contribution in [3.05, 3.63) is 130 Å². The monoisotopic (exact) mass is 1150 g/mol. The third kappa shape index (κ3) is 10.8. The lowest BCUT2D eigenvalue weighted by Crippen LogP contribution is -2.50. The van der Waals surface area contributed by atoms with Crippen LogP contribution in [0.25, 0.3) is 54.5 Å². The largest absolute Gasteiger partial charge is 0.486 e. The quantitative estimate of drug-likeness (QED) is 0.0554. The van der Waals surface area contributed by atoms with Crippen molar-refractivity contribution in [2.24, 2.45) is 10.9 Å². The zero-order chi connectivity index (χ0) is 57.5. The van der Waals surface area contributed by atoms with Crippen molar-refractivity contribution in [1.82, 2.24) is 40.5 Å². The minimum absolute atomic E-state index is 0.00217. The molecule has 0 radical (unpaired) electrons. The first-order chi connectivity index (χ1) is 39.7. The highest BCUT2D eigenvalue weighted by molar-refractivity contribution is 7.23. The average Bonchev–Trinajstić information content (AvgIpc) is 4.47. The van der Waals surface area contributed by atoms with Crippen LogP contribution in [0, 0.1) is 30.0 Å². The lowest BCUT2D eigenvalue weighted by molar-refractivity contribution is -0.142. The summed E-state index contributed by atoms with van der Waals surface area (Å²) in [5.74, 6) is -0.843. The first kappa shape index (κ1) is 56.0. The van der Waals surface area contributed by atoms with Gasteiger partial charge in [0, 0.05) is 67.1 Å². The average molecular weight is 1150 g/mol. The maximum atomic E-state index is 15.7. The lowest BCUT2D eigenvalue weighted by Gasteiger charge is -2.30. The molecular weight excluding hydrogens is 1090 g/mol. The molecule has 21 heteroatoms. The van der Waals surface area contributed by atoms with Crippen LogP contribution in [-0.2, 0) is 20.9 Å². The summed E-state index contributed by atoms with van der Waals surface area (Å²) >= 11 is 8.43. The van der Waals surface area contributed by atoms with Crippen molar-refractivity contribution < 1.29 is 38.4 Å². The van der Waals surface area contributed by atoms with E-state index in [-0.39, 0.29) is 88.9 Å². The molecule has 3 aliphatic rings. The molecule has 11 rings (SSSR count). The number of nitriles is 1. The van der Waals surface area contributed by atoms with E-state index in [0.29, 0.717) is 56.6 Å². The van der Waals surface area contributed by atoms with E-state index in [9.17, 15) is 25.1 Å². The van der Waals surface area contributed by atoms with Crippen molar-refractivity contribution >= 4 is 73.3 Å². The Kier molecular flexibility index (Phi) is 16.1. The van der Waals surface area contributed by atoms with Crippen molar-refractivity contribution in [1.29, 1.82) is 5.26 Å². The van der Waals surface area contributed by atoms with E-state index in [0.717, 1.165) is 46.6 Å². The number of thiophene rings is 1. The molecule has 0 unspecified atom stereocenters. The van der Waals surface area contributed by atoms with Gasteiger partial charge in [0.15, 0.2) is 5.75 Å². The molecule has 0 spiro atoms. The number of aliphatic imine (C=N–C) groups is 1. The number of aliphatic hydroxyl groups excluding tert-OH is 2. The molecule has 3 aliphatic heterocycles. The molecule has 4 N–H and O–H groups in total. The third-order valence-electron chi connectivity index (χ3n) is 15.8. The van der Waals surface area contributed by atoms with Crippen LogP contribution >= 0.6 is 22.9 Å². The Morgan fingerprint density at radius 1 is 1.01 bits per heavy atom. The number of amides is 2. The van der Waals surface area contributed by atoms with Gasteiger partial charge >= 0.3 is 6.01 Å². The van der Waals surface area contributed by atoms with Crippen LogP contribution in [0.1, 0.15) is 68.0 Å². The second-order valence-corrected chi connectivity index (χ2v) is 22.9. The van der Waals surface area contributed by atoms with Crippen LogP contribution in [0.3, 0.4) is 0 Å². The van der Waals surface area contributed by atoms with Gasteiger partial charge in [-0.3, -0.25) is 14.6 Å². The molecule has 2 bridgehead atoms. The Morgan fingerprint density at radius 2 is 1.78 bits per heavy atom. The number of hydrogen-bond donors (Lipinski definition) is 4. The number of methoxy groups -OCH3 is 1. The van der Waals surface area contributed by atoms with E-state index >= 15 is 4.39 Å². The van der Waals surface area contributed by atoms with Gasteiger partial charge in [0.25, 0.3) is 0 Å². The summed E-state index contributed by atoms with van der Waals surface area (Å²) in [6, 6.07) is 28.0. The second-order valence-electron chi connectivity index (χ2n) is 21.5. The maximum Gasteiger partial charge on any atom is 0.319 e. The second kappa shape index (κ2) is 23.5. The van der Waals surface area contributed by atoms with Crippen LogP contribution in [0.5, 0.6) is 11.8 Å². The van der Waals surface area contributed by atoms with Crippen LogP contribution in [0.2, 0.25) is 5.02 Å². The number of aliphatic hydroxyl groups is 2. The number of nitrogens with one attached hydrogen (secondary N) is 2. The van der Waals surface area contributed by atoms with E-state index < -0.39 is 41.9 Å².